The molecule has 1 heterocycles. The summed E-state index contributed by atoms with van der Waals surface area (Å²) >= 11 is 6.24. The summed E-state index contributed by atoms with van der Waals surface area (Å²) in [6.07, 6.45) is 5.49. The second-order valence-electron chi connectivity index (χ2n) is 4.95. The van der Waals surface area contributed by atoms with Crippen molar-refractivity contribution in [2.75, 3.05) is 0 Å². The Morgan fingerprint density at radius 3 is 2.80 bits per heavy atom. The van der Waals surface area contributed by atoms with Crippen LogP contribution in [-0.4, -0.2) is 15.8 Å². The van der Waals surface area contributed by atoms with Gasteiger partial charge in [0.05, 0.1) is 11.2 Å². The normalized spacial score (nSPS) is 12.4. The van der Waals surface area contributed by atoms with Crippen molar-refractivity contribution in [2.45, 2.75) is 32.4 Å². The number of rotatable bonds is 6. The van der Waals surface area contributed by atoms with E-state index < -0.39 is 0 Å². The highest BCUT2D eigenvalue weighted by Gasteiger charge is 2.07. The zero-order chi connectivity index (χ0) is 14.5. The molecule has 1 atom stereocenters. The molecule has 0 radical (unpaired) electrons. The minimum atomic E-state index is 0.174. The zero-order valence-corrected chi connectivity index (χ0v) is 12.6. The van der Waals surface area contributed by atoms with E-state index >= 15 is 0 Å². The number of aromatic nitrogens is 2. The topological polar surface area (TPSA) is 53.1 Å². The molecule has 0 aliphatic heterocycles. The van der Waals surface area contributed by atoms with Crippen LogP contribution < -0.4 is 10.5 Å². The Morgan fingerprint density at radius 2 is 2.20 bits per heavy atom. The minimum Gasteiger partial charge on any atom is -0.487 e. The van der Waals surface area contributed by atoms with Gasteiger partial charge in [0.25, 0.3) is 0 Å². The summed E-state index contributed by atoms with van der Waals surface area (Å²) in [4.78, 5) is 0. The van der Waals surface area contributed by atoms with Crippen LogP contribution in [0, 0.1) is 0 Å². The third kappa shape index (κ3) is 3.99. The Kier molecular flexibility index (Phi) is 5.04. The van der Waals surface area contributed by atoms with E-state index in [1.54, 1.807) is 10.9 Å². The van der Waals surface area contributed by atoms with Crippen molar-refractivity contribution in [3.8, 4) is 5.75 Å². The molecule has 20 heavy (non-hydrogen) atoms. The number of benzene rings is 1. The van der Waals surface area contributed by atoms with Gasteiger partial charge in [-0.15, -0.1) is 0 Å². The van der Waals surface area contributed by atoms with E-state index in [9.17, 15) is 0 Å². The van der Waals surface area contributed by atoms with Crippen LogP contribution in [0.2, 0.25) is 5.02 Å². The Labute approximate surface area is 124 Å². The number of ether oxygens (including phenoxy) is 1. The molecule has 0 saturated carbocycles. The second kappa shape index (κ2) is 6.77. The average molecular weight is 294 g/mol. The van der Waals surface area contributed by atoms with E-state index in [0.29, 0.717) is 17.4 Å². The van der Waals surface area contributed by atoms with Crippen LogP contribution >= 0.6 is 11.6 Å². The summed E-state index contributed by atoms with van der Waals surface area (Å²) in [5, 5.41) is 4.72. The van der Waals surface area contributed by atoms with Crippen molar-refractivity contribution in [2.24, 2.45) is 12.8 Å². The third-order valence-corrected chi connectivity index (χ3v) is 3.47. The molecule has 5 heteroatoms. The first kappa shape index (κ1) is 14.9. The molecular formula is C15H20ClN3O. The summed E-state index contributed by atoms with van der Waals surface area (Å²) in [5.41, 5.74) is 8.10. The van der Waals surface area contributed by atoms with Crippen LogP contribution in [0.1, 0.15) is 24.5 Å². The van der Waals surface area contributed by atoms with E-state index in [4.69, 9.17) is 22.1 Å². The SMILES string of the molecule is CCC(N)Cc1ccc(OCc2cnn(C)c2)c(Cl)c1. The Morgan fingerprint density at radius 1 is 1.40 bits per heavy atom. The van der Waals surface area contributed by atoms with Crippen LogP contribution in [0.5, 0.6) is 5.75 Å². The van der Waals surface area contributed by atoms with Crippen molar-refractivity contribution in [1.29, 1.82) is 0 Å². The molecule has 0 spiro atoms. The maximum atomic E-state index is 6.24. The van der Waals surface area contributed by atoms with Gasteiger partial charge in [0.2, 0.25) is 0 Å². The van der Waals surface area contributed by atoms with Crippen LogP contribution in [-0.2, 0) is 20.1 Å². The number of hydrogen-bond acceptors (Lipinski definition) is 3. The quantitative estimate of drug-likeness (QED) is 0.891. The molecule has 0 aliphatic rings. The lowest BCUT2D eigenvalue weighted by Crippen LogP contribution is -2.21. The lowest BCUT2D eigenvalue weighted by molar-refractivity contribution is 0.306. The van der Waals surface area contributed by atoms with Gasteiger partial charge in [0.1, 0.15) is 12.4 Å². The lowest BCUT2D eigenvalue weighted by Gasteiger charge is -2.11. The van der Waals surface area contributed by atoms with Crippen LogP contribution in [0.3, 0.4) is 0 Å². The molecule has 0 aliphatic carbocycles. The summed E-state index contributed by atoms with van der Waals surface area (Å²) in [7, 11) is 1.88. The van der Waals surface area contributed by atoms with Crippen LogP contribution in [0.15, 0.2) is 30.6 Å². The molecule has 0 saturated heterocycles. The maximum Gasteiger partial charge on any atom is 0.138 e. The van der Waals surface area contributed by atoms with Gasteiger partial charge in [-0.2, -0.15) is 5.10 Å². The van der Waals surface area contributed by atoms with Crippen molar-refractivity contribution in [3.63, 3.8) is 0 Å². The number of aryl methyl sites for hydroxylation is 1. The fourth-order valence-corrected chi connectivity index (χ4v) is 2.20. The molecule has 1 aromatic carbocycles. The van der Waals surface area contributed by atoms with E-state index in [1.807, 2.05) is 31.4 Å². The second-order valence-corrected chi connectivity index (χ2v) is 5.36. The fraction of sp³-hybridized carbons (Fsp3) is 0.400. The number of halogens is 1. The van der Waals surface area contributed by atoms with Crippen molar-refractivity contribution in [3.05, 3.63) is 46.7 Å². The third-order valence-electron chi connectivity index (χ3n) is 3.17. The van der Waals surface area contributed by atoms with Gasteiger partial charge in [-0.25, -0.2) is 0 Å². The van der Waals surface area contributed by atoms with Crippen molar-refractivity contribution in [1.82, 2.24) is 9.78 Å². The molecule has 0 amide bonds. The van der Waals surface area contributed by atoms with Gasteiger partial charge in [0, 0.05) is 24.8 Å². The zero-order valence-electron chi connectivity index (χ0n) is 11.8. The molecule has 0 bridgehead atoms. The summed E-state index contributed by atoms with van der Waals surface area (Å²) in [6, 6.07) is 6.01. The van der Waals surface area contributed by atoms with Crippen molar-refractivity contribution >= 4 is 11.6 Å². The largest absolute Gasteiger partial charge is 0.487 e. The predicted molar refractivity (Wildman–Crippen MR) is 81.0 cm³/mol. The number of nitrogens with two attached hydrogens (primary N) is 1. The van der Waals surface area contributed by atoms with Gasteiger partial charge < -0.3 is 10.5 Å². The van der Waals surface area contributed by atoms with Crippen LogP contribution in [0.25, 0.3) is 0 Å². The predicted octanol–water partition coefficient (Wildman–Crippen LogP) is 2.93. The molecular weight excluding hydrogens is 274 g/mol. The molecule has 1 aromatic heterocycles. The minimum absolute atomic E-state index is 0.174. The molecule has 0 fully saturated rings. The van der Waals surface area contributed by atoms with E-state index in [2.05, 4.69) is 12.0 Å². The fourth-order valence-electron chi connectivity index (χ4n) is 1.94. The van der Waals surface area contributed by atoms with Crippen LogP contribution in [0.4, 0.5) is 0 Å². The summed E-state index contributed by atoms with van der Waals surface area (Å²) < 4.78 is 7.45. The summed E-state index contributed by atoms with van der Waals surface area (Å²) in [6.45, 7) is 2.54. The van der Waals surface area contributed by atoms with Crippen molar-refractivity contribution < 1.29 is 4.74 Å². The molecule has 2 rings (SSSR count). The highest BCUT2D eigenvalue weighted by atomic mass is 35.5. The number of nitrogens with zero attached hydrogens (tertiary/aromatic N) is 2. The smallest absolute Gasteiger partial charge is 0.138 e. The Balaban J connectivity index is 1.98. The highest BCUT2D eigenvalue weighted by Crippen LogP contribution is 2.26. The van der Waals surface area contributed by atoms with E-state index in [-0.39, 0.29) is 6.04 Å². The highest BCUT2D eigenvalue weighted by molar-refractivity contribution is 6.32. The van der Waals surface area contributed by atoms with Gasteiger partial charge in [0.15, 0.2) is 0 Å². The Hall–Kier alpha value is -1.52. The maximum absolute atomic E-state index is 6.24. The van der Waals surface area contributed by atoms with Gasteiger partial charge in [-0.05, 0) is 30.5 Å². The lowest BCUT2D eigenvalue weighted by atomic mass is 10.0. The standard InChI is InChI=1S/C15H20ClN3O/c1-3-13(17)6-11-4-5-15(14(16)7-11)20-10-12-8-18-19(2)9-12/h4-5,7-9,13H,3,6,10,17H2,1-2H3. The monoisotopic (exact) mass is 293 g/mol. The molecule has 2 N–H and O–H groups in total. The first-order chi connectivity index (χ1) is 9.58. The number of hydrogen-bond donors (Lipinski definition) is 1. The van der Waals surface area contributed by atoms with Gasteiger partial charge in [-0.3, -0.25) is 4.68 Å². The van der Waals surface area contributed by atoms with Gasteiger partial charge >= 0.3 is 0 Å². The molecule has 1 unspecified atom stereocenters. The molecule has 4 nitrogen and oxygen atoms in total. The molecule has 2 aromatic rings. The van der Waals surface area contributed by atoms with E-state index in [0.717, 1.165) is 24.0 Å². The summed E-state index contributed by atoms with van der Waals surface area (Å²) in [5.74, 6) is 0.685. The first-order valence-corrected chi connectivity index (χ1v) is 7.10. The Bertz CT molecular complexity index is 568. The first-order valence-electron chi connectivity index (χ1n) is 6.72. The molecule has 108 valence electrons. The average Bonchev–Trinajstić information content (AvgIpc) is 2.83. The van der Waals surface area contributed by atoms with Gasteiger partial charge in [-0.1, -0.05) is 24.6 Å². The van der Waals surface area contributed by atoms with E-state index in [1.165, 1.54) is 0 Å².